The minimum absolute atomic E-state index is 0.00338. The molecule has 7 nitrogen and oxygen atoms in total. The summed E-state index contributed by atoms with van der Waals surface area (Å²) in [4.78, 5) is 19.1. The van der Waals surface area contributed by atoms with Gasteiger partial charge >= 0.3 is 5.69 Å². The quantitative estimate of drug-likeness (QED) is 0.719. The summed E-state index contributed by atoms with van der Waals surface area (Å²) < 4.78 is 15.2. The lowest BCUT2D eigenvalue weighted by Crippen LogP contribution is -2.26. The van der Waals surface area contributed by atoms with Crippen LogP contribution in [-0.4, -0.2) is 40.0 Å². The first kappa shape index (κ1) is 18.5. The number of nitrogens with two attached hydrogens (primary N) is 1. The van der Waals surface area contributed by atoms with Crippen LogP contribution in [0.25, 0.3) is 17.1 Å². The third-order valence-electron chi connectivity index (χ3n) is 4.14. The smallest absolute Gasteiger partial charge is 0.351 e. The first-order chi connectivity index (χ1) is 13.0. The van der Waals surface area contributed by atoms with E-state index in [-0.39, 0.29) is 18.7 Å². The van der Waals surface area contributed by atoms with Crippen LogP contribution in [-0.2, 0) is 6.54 Å². The molecule has 0 bridgehead atoms. The molecule has 2 heterocycles. The van der Waals surface area contributed by atoms with Gasteiger partial charge in [-0.2, -0.15) is 5.10 Å². The van der Waals surface area contributed by atoms with Gasteiger partial charge in [-0.3, -0.25) is 0 Å². The molecule has 0 saturated carbocycles. The molecule has 0 spiro atoms. The second kappa shape index (κ2) is 7.96. The van der Waals surface area contributed by atoms with Crippen LogP contribution in [0.2, 0.25) is 0 Å². The minimum Gasteiger partial charge on any atom is -0.378 e. The Morgan fingerprint density at radius 3 is 2.74 bits per heavy atom. The van der Waals surface area contributed by atoms with E-state index in [0.29, 0.717) is 12.1 Å². The van der Waals surface area contributed by atoms with Crippen molar-refractivity contribution in [2.24, 2.45) is 5.73 Å². The average molecular weight is 368 g/mol. The molecule has 2 aromatic heterocycles. The van der Waals surface area contributed by atoms with E-state index in [9.17, 15) is 9.18 Å². The fourth-order valence-corrected chi connectivity index (χ4v) is 2.60. The van der Waals surface area contributed by atoms with Gasteiger partial charge in [0.05, 0.1) is 18.6 Å². The molecule has 0 unspecified atom stereocenters. The third-order valence-corrected chi connectivity index (χ3v) is 4.14. The molecule has 8 heteroatoms. The van der Waals surface area contributed by atoms with Crippen molar-refractivity contribution in [2.45, 2.75) is 6.54 Å². The highest BCUT2D eigenvalue weighted by Crippen LogP contribution is 2.23. The van der Waals surface area contributed by atoms with E-state index >= 15 is 0 Å². The van der Waals surface area contributed by atoms with Gasteiger partial charge in [-0.1, -0.05) is 18.2 Å². The van der Waals surface area contributed by atoms with Crippen molar-refractivity contribution in [3.63, 3.8) is 0 Å². The summed E-state index contributed by atoms with van der Waals surface area (Å²) in [5, 5.41) is 4.02. The molecule has 140 valence electrons. The molecule has 0 aliphatic heterocycles. The fraction of sp³-hybridized carbons (Fsp3) is 0.211. The Labute approximate surface area is 156 Å². The minimum atomic E-state index is -0.408. The number of anilines is 1. The lowest BCUT2D eigenvalue weighted by molar-refractivity contribution is 0.612. The van der Waals surface area contributed by atoms with Crippen molar-refractivity contribution in [1.82, 2.24) is 19.3 Å². The van der Waals surface area contributed by atoms with Crippen LogP contribution in [0, 0.1) is 0 Å². The van der Waals surface area contributed by atoms with E-state index < -0.39 is 5.69 Å². The summed E-state index contributed by atoms with van der Waals surface area (Å²) in [5.41, 5.74) is 8.05. The van der Waals surface area contributed by atoms with Gasteiger partial charge in [-0.25, -0.2) is 23.4 Å². The zero-order valence-corrected chi connectivity index (χ0v) is 15.2. The highest BCUT2D eigenvalue weighted by molar-refractivity contribution is 5.66. The molecule has 0 fully saturated rings. The maximum Gasteiger partial charge on any atom is 0.351 e. The van der Waals surface area contributed by atoms with Crippen LogP contribution in [0.1, 0.15) is 0 Å². The number of rotatable bonds is 6. The zero-order chi connectivity index (χ0) is 19.4. The van der Waals surface area contributed by atoms with Crippen molar-refractivity contribution in [3.8, 4) is 17.1 Å². The van der Waals surface area contributed by atoms with Gasteiger partial charge in [-0.05, 0) is 29.8 Å². The van der Waals surface area contributed by atoms with Gasteiger partial charge in [-0.15, -0.1) is 0 Å². The molecule has 0 radical (unpaired) electrons. The molecule has 0 saturated heterocycles. The highest BCUT2D eigenvalue weighted by Gasteiger charge is 2.11. The number of halogens is 1. The van der Waals surface area contributed by atoms with E-state index in [4.69, 9.17) is 5.73 Å². The van der Waals surface area contributed by atoms with Gasteiger partial charge in [0.1, 0.15) is 12.1 Å². The molecular formula is C19H21FN6O. The summed E-state index contributed by atoms with van der Waals surface area (Å²) in [6, 6.07) is 13.4. The van der Waals surface area contributed by atoms with Crippen LogP contribution in [0.3, 0.4) is 0 Å². The summed E-state index contributed by atoms with van der Waals surface area (Å²) in [6.45, 7) is 0.0230. The lowest BCUT2D eigenvalue weighted by atomic mass is 10.1. The Balaban J connectivity index is 1.96. The van der Waals surface area contributed by atoms with E-state index in [1.165, 1.54) is 10.9 Å². The Kier molecular flexibility index (Phi) is 5.46. The van der Waals surface area contributed by atoms with Gasteiger partial charge in [0.25, 0.3) is 0 Å². The van der Waals surface area contributed by atoms with Crippen LogP contribution < -0.4 is 16.3 Å². The van der Waals surface area contributed by atoms with Crippen molar-refractivity contribution in [3.05, 3.63) is 71.2 Å². The summed E-state index contributed by atoms with van der Waals surface area (Å²) in [7, 11) is 3.94. The van der Waals surface area contributed by atoms with Gasteiger partial charge in [0.2, 0.25) is 0 Å². The number of hydrogen-bond acceptors (Lipinski definition) is 5. The summed E-state index contributed by atoms with van der Waals surface area (Å²) in [5.74, 6) is 0.442. The van der Waals surface area contributed by atoms with Crippen LogP contribution in [0.5, 0.6) is 0 Å². The Morgan fingerprint density at radius 1 is 1.26 bits per heavy atom. The Hall–Kier alpha value is -3.26. The number of nitrogens with zero attached hydrogens (tertiary/aromatic N) is 5. The highest BCUT2D eigenvalue weighted by atomic mass is 19.1. The predicted molar refractivity (Wildman–Crippen MR) is 104 cm³/mol. The second-order valence-electron chi connectivity index (χ2n) is 6.24. The molecule has 0 amide bonds. The topological polar surface area (TPSA) is 82.0 Å². The van der Waals surface area contributed by atoms with Gasteiger partial charge in [0.15, 0.2) is 0 Å². The third kappa shape index (κ3) is 3.95. The molecular weight excluding hydrogens is 347 g/mol. The Bertz CT molecular complexity index is 1020. The molecule has 2 N–H and O–H groups in total. The Morgan fingerprint density at radius 2 is 2.04 bits per heavy atom. The molecule has 0 atom stereocenters. The van der Waals surface area contributed by atoms with Crippen LogP contribution in [0.15, 0.2) is 65.5 Å². The normalized spacial score (nSPS) is 11.6. The first-order valence-electron chi connectivity index (χ1n) is 8.41. The first-order valence-corrected chi connectivity index (χ1v) is 8.41. The van der Waals surface area contributed by atoms with E-state index in [0.717, 1.165) is 21.6 Å². The number of aromatic nitrogens is 4. The lowest BCUT2D eigenvalue weighted by Gasteiger charge is -2.13. The van der Waals surface area contributed by atoms with Gasteiger partial charge < -0.3 is 10.6 Å². The van der Waals surface area contributed by atoms with Crippen LogP contribution >= 0.6 is 0 Å². The number of pyridine rings is 1. The van der Waals surface area contributed by atoms with Crippen LogP contribution in [0.4, 0.5) is 10.1 Å². The second-order valence-corrected chi connectivity index (χ2v) is 6.24. The maximum absolute atomic E-state index is 12.7. The molecule has 3 aromatic rings. The van der Waals surface area contributed by atoms with E-state index in [1.54, 1.807) is 6.07 Å². The number of hydrogen-bond donors (Lipinski definition) is 1. The zero-order valence-electron chi connectivity index (χ0n) is 15.2. The fourth-order valence-electron chi connectivity index (χ4n) is 2.60. The molecule has 0 aliphatic carbocycles. The molecule has 1 aromatic carbocycles. The molecule has 27 heavy (non-hydrogen) atoms. The largest absolute Gasteiger partial charge is 0.378 e. The van der Waals surface area contributed by atoms with E-state index in [1.807, 2.05) is 55.4 Å². The predicted octanol–water partition coefficient (Wildman–Crippen LogP) is 1.97. The average Bonchev–Trinajstić information content (AvgIpc) is 3.06. The summed E-state index contributed by atoms with van der Waals surface area (Å²) in [6.07, 6.45) is 1.78. The van der Waals surface area contributed by atoms with E-state index in [2.05, 4.69) is 10.1 Å². The standard InChI is InChI=1S/C19H21FN6O/c1-24(2)16-6-3-5-15(9-16)17-7-4-8-18(23-17)25-13-22-26(19(25)27)12-14(10-20)11-21/h3-10,13H,11-12,21H2,1-2H3/b14-10+. The van der Waals surface area contributed by atoms with Crippen molar-refractivity contribution < 1.29 is 4.39 Å². The van der Waals surface area contributed by atoms with Crippen molar-refractivity contribution in [1.29, 1.82) is 0 Å². The monoisotopic (exact) mass is 368 g/mol. The van der Waals surface area contributed by atoms with Crippen molar-refractivity contribution in [2.75, 3.05) is 25.5 Å². The molecule has 0 aliphatic rings. The maximum atomic E-state index is 12.7. The van der Waals surface area contributed by atoms with Crippen molar-refractivity contribution >= 4 is 5.69 Å². The molecule has 3 rings (SSSR count). The van der Waals surface area contributed by atoms with Gasteiger partial charge in [0, 0.05) is 31.9 Å². The SMILES string of the molecule is CN(C)c1cccc(-c2cccc(-n3cnn(C/C(=C/F)CN)c3=O)n2)c1. The number of benzene rings is 1. The summed E-state index contributed by atoms with van der Waals surface area (Å²) >= 11 is 0.